The van der Waals surface area contributed by atoms with E-state index in [4.69, 9.17) is 4.74 Å². The van der Waals surface area contributed by atoms with Gasteiger partial charge in [0.05, 0.1) is 13.0 Å². The second kappa shape index (κ2) is 8.23. The van der Waals surface area contributed by atoms with Crippen LogP contribution in [0.4, 0.5) is 0 Å². The summed E-state index contributed by atoms with van der Waals surface area (Å²) in [6, 6.07) is 3.27. The van der Waals surface area contributed by atoms with Crippen LogP contribution in [-0.4, -0.2) is 51.5 Å². The molecule has 1 aromatic heterocycles. The van der Waals surface area contributed by atoms with Crippen molar-refractivity contribution in [2.75, 3.05) is 26.8 Å². The Balaban J connectivity index is 1.98. The van der Waals surface area contributed by atoms with Crippen LogP contribution in [0.15, 0.2) is 16.3 Å². The van der Waals surface area contributed by atoms with Crippen LogP contribution in [0.2, 0.25) is 0 Å². The minimum absolute atomic E-state index is 0.0657. The summed E-state index contributed by atoms with van der Waals surface area (Å²) in [5.41, 5.74) is 0. The summed E-state index contributed by atoms with van der Waals surface area (Å²) >= 11 is 1.18. The van der Waals surface area contributed by atoms with Crippen LogP contribution < -0.4 is 5.32 Å². The highest BCUT2D eigenvalue weighted by Crippen LogP contribution is 2.27. The number of piperidine rings is 1. The lowest BCUT2D eigenvalue weighted by Crippen LogP contribution is -2.36. The fraction of sp³-hybridized carbons (Fsp3) is 0.667. The molecule has 0 spiro atoms. The molecule has 1 N–H and O–H groups in total. The number of amides is 1. The summed E-state index contributed by atoms with van der Waals surface area (Å²) in [6.07, 6.45) is 3.10. The van der Waals surface area contributed by atoms with E-state index in [1.54, 1.807) is 23.5 Å². The molecular weight excluding hydrogens is 336 g/mol. The van der Waals surface area contributed by atoms with Crippen molar-refractivity contribution in [1.82, 2.24) is 9.62 Å². The van der Waals surface area contributed by atoms with Gasteiger partial charge in [0.25, 0.3) is 10.0 Å². The Kier molecular flexibility index (Phi) is 6.58. The zero-order valence-corrected chi connectivity index (χ0v) is 15.2. The van der Waals surface area contributed by atoms with Gasteiger partial charge >= 0.3 is 0 Å². The van der Waals surface area contributed by atoms with Crippen LogP contribution in [0.3, 0.4) is 0 Å². The minimum atomic E-state index is -3.41. The molecule has 2 rings (SSSR count). The largest absolute Gasteiger partial charge is 0.383 e. The van der Waals surface area contributed by atoms with Crippen molar-refractivity contribution in [3.8, 4) is 0 Å². The van der Waals surface area contributed by atoms with Gasteiger partial charge in [0, 0.05) is 31.1 Å². The number of methoxy groups -OCH3 is 1. The highest BCUT2D eigenvalue weighted by molar-refractivity contribution is 7.91. The van der Waals surface area contributed by atoms with Crippen molar-refractivity contribution in [2.45, 2.75) is 42.9 Å². The third-order valence-electron chi connectivity index (χ3n) is 3.71. The van der Waals surface area contributed by atoms with Crippen molar-refractivity contribution >= 4 is 27.3 Å². The van der Waals surface area contributed by atoms with Gasteiger partial charge < -0.3 is 10.1 Å². The van der Waals surface area contributed by atoms with Crippen molar-refractivity contribution in [3.05, 3.63) is 17.0 Å². The van der Waals surface area contributed by atoms with Crippen LogP contribution in [0.25, 0.3) is 0 Å². The van der Waals surface area contributed by atoms with E-state index >= 15 is 0 Å². The van der Waals surface area contributed by atoms with Gasteiger partial charge in [0.1, 0.15) is 4.21 Å². The number of thiophene rings is 1. The topological polar surface area (TPSA) is 75.7 Å². The lowest BCUT2D eigenvalue weighted by Gasteiger charge is -2.25. The zero-order chi connectivity index (χ0) is 16.9. The molecule has 0 aliphatic carbocycles. The van der Waals surface area contributed by atoms with Crippen LogP contribution in [0, 0.1) is 0 Å². The highest BCUT2D eigenvalue weighted by atomic mass is 32.2. The fourth-order valence-electron chi connectivity index (χ4n) is 2.60. The molecule has 1 aromatic rings. The van der Waals surface area contributed by atoms with E-state index in [2.05, 4.69) is 5.32 Å². The van der Waals surface area contributed by atoms with Crippen LogP contribution >= 0.6 is 11.3 Å². The van der Waals surface area contributed by atoms with Gasteiger partial charge in [-0.1, -0.05) is 6.42 Å². The number of carbonyl (C=O) groups is 1. The number of hydrogen-bond donors (Lipinski definition) is 1. The Bertz CT molecular complexity index is 621. The molecule has 1 aliphatic rings. The number of nitrogens with one attached hydrogen (secondary N) is 1. The van der Waals surface area contributed by atoms with Crippen molar-refractivity contribution in [2.24, 2.45) is 0 Å². The van der Waals surface area contributed by atoms with E-state index in [1.807, 2.05) is 6.92 Å². The second-order valence-corrected chi connectivity index (χ2v) is 9.12. The Morgan fingerprint density at radius 1 is 1.35 bits per heavy atom. The lowest BCUT2D eigenvalue weighted by molar-refractivity contribution is -0.121. The molecule has 0 saturated carbocycles. The summed E-state index contributed by atoms with van der Waals surface area (Å²) < 4.78 is 32.0. The van der Waals surface area contributed by atoms with E-state index in [9.17, 15) is 13.2 Å². The predicted octanol–water partition coefficient (Wildman–Crippen LogP) is 1.62. The van der Waals surface area contributed by atoms with Crippen molar-refractivity contribution in [1.29, 1.82) is 0 Å². The normalized spacial score (nSPS) is 17.8. The van der Waals surface area contributed by atoms with Gasteiger partial charge in [-0.05, 0) is 31.9 Å². The molecule has 130 valence electrons. The summed E-state index contributed by atoms with van der Waals surface area (Å²) in [4.78, 5) is 12.7. The van der Waals surface area contributed by atoms with Gasteiger partial charge in [0.2, 0.25) is 5.91 Å². The first-order chi connectivity index (χ1) is 10.9. The summed E-state index contributed by atoms with van der Waals surface area (Å²) in [7, 11) is -1.83. The van der Waals surface area contributed by atoms with Gasteiger partial charge in [-0.3, -0.25) is 4.79 Å². The third-order valence-corrected chi connectivity index (χ3v) is 7.16. The Labute approximate surface area is 141 Å². The average Bonchev–Trinajstić information content (AvgIpc) is 2.97. The number of ether oxygens (including phenoxy) is 1. The first-order valence-corrected chi connectivity index (χ1v) is 10.1. The maximum atomic E-state index is 12.6. The smallest absolute Gasteiger partial charge is 0.252 e. The Morgan fingerprint density at radius 3 is 2.70 bits per heavy atom. The summed E-state index contributed by atoms with van der Waals surface area (Å²) in [5.74, 6) is -0.127. The van der Waals surface area contributed by atoms with Gasteiger partial charge in [0.15, 0.2) is 0 Å². The van der Waals surface area contributed by atoms with E-state index in [1.165, 1.54) is 11.3 Å². The van der Waals surface area contributed by atoms with Gasteiger partial charge in [-0.15, -0.1) is 11.3 Å². The first kappa shape index (κ1) is 18.4. The summed E-state index contributed by atoms with van der Waals surface area (Å²) in [5, 5.41) is 2.82. The molecule has 1 unspecified atom stereocenters. The number of carbonyl (C=O) groups excluding carboxylic acids is 1. The predicted molar refractivity (Wildman–Crippen MR) is 90.1 cm³/mol. The average molecular weight is 361 g/mol. The van der Waals surface area contributed by atoms with Crippen LogP contribution in [0.5, 0.6) is 0 Å². The van der Waals surface area contributed by atoms with E-state index in [-0.39, 0.29) is 18.4 Å². The quantitative estimate of drug-likeness (QED) is 0.802. The molecule has 0 radical (unpaired) electrons. The molecule has 1 atom stereocenters. The fourth-order valence-corrected chi connectivity index (χ4v) is 5.63. The van der Waals surface area contributed by atoms with Crippen molar-refractivity contribution < 1.29 is 17.9 Å². The molecule has 1 aliphatic heterocycles. The molecule has 8 heteroatoms. The Morgan fingerprint density at radius 2 is 2.04 bits per heavy atom. The van der Waals surface area contributed by atoms with Gasteiger partial charge in [-0.2, -0.15) is 4.31 Å². The number of nitrogens with zero attached hydrogens (tertiary/aromatic N) is 1. The molecule has 1 fully saturated rings. The Hall–Kier alpha value is -0.960. The monoisotopic (exact) mass is 360 g/mol. The van der Waals surface area contributed by atoms with Crippen molar-refractivity contribution in [3.63, 3.8) is 0 Å². The van der Waals surface area contributed by atoms with E-state index in [0.29, 0.717) is 23.9 Å². The first-order valence-electron chi connectivity index (χ1n) is 7.80. The van der Waals surface area contributed by atoms with Crippen LogP contribution in [-0.2, 0) is 26.0 Å². The SMILES string of the molecule is COCC(C)NC(=O)Cc1ccc(S(=O)(=O)N2CCCCC2)s1. The van der Waals surface area contributed by atoms with E-state index in [0.717, 1.165) is 24.1 Å². The molecule has 1 amide bonds. The molecule has 6 nitrogen and oxygen atoms in total. The lowest BCUT2D eigenvalue weighted by atomic mass is 10.2. The minimum Gasteiger partial charge on any atom is -0.383 e. The van der Waals surface area contributed by atoms with Crippen LogP contribution in [0.1, 0.15) is 31.1 Å². The number of rotatable bonds is 7. The maximum Gasteiger partial charge on any atom is 0.252 e. The molecule has 2 heterocycles. The number of hydrogen-bond acceptors (Lipinski definition) is 5. The zero-order valence-electron chi connectivity index (χ0n) is 13.6. The molecule has 23 heavy (non-hydrogen) atoms. The molecular formula is C15H24N2O4S2. The molecule has 0 bridgehead atoms. The summed E-state index contributed by atoms with van der Waals surface area (Å²) in [6.45, 7) is 3.49. The van der Waals surface area contributed by atoms with E-state index < -0.39 is 10.0 Å². The molecule has 1 saturated heterocycles. The number of sulfonamides is 1. The third kappa shape index (κ3) is 5.00. The standard InChI is InChI=1S/C15H24N2O4S2/c1-12(11-21-2)16-14(18)10-13-6-7-15(22-13)23(19,20)17-8-4-3-5-9-17/h6-7,12H,3-5,8-11H2,1-2H3,(H,16,18). The van der Waals surface area contributed by atoms with Gasteiger partial charge in [-0.25, -0.2) is 8.42 Å². The maximum absolute atomic E-state index is 12.6. The second-order valence-electron chi connectivity index (χ2n) is 5.79. The molecule has 0 aromatic carbocycles. The highest BCUT2D eigenvalue weighted by Gasteiger charge is 2.27.